The van der Waals surface area contributed by atoms with Gasteiger partial charge in [0.25, 0.3) is 0 Å². The number of methoxy groups -OCH3 is 3. The maximum absolute atomic E-state index is 10.4. The lowest BCUT2D eigenvalue weighted by molar-refractivity contribution is -0.0215. The predicted molar refractivity (Wildman–Crippen MR) is 92.4 cm³/mol. The van der Waals surface area contributed by atoms with E-state index in [-0.39, 0.29) is 0 Å². The molecule has 3 aromatic rings. The van der Waals surface area contributed by atoms with Crippen LogP contribution in [0, 0.1) is 0 Å². The number of aromatic nitrogens is 1. The van der Waals surface area contributed by atoms with Crippen molar-refractivity contribution >= 4 is 10.9 Å². The smallest absolute Gasteiger partial charge is 0.226 e. The number of ether oxygens (including phenoxy) is 4. The summed E-state index contributed by atoms with van der Waals surface area (Å²) in [5.41, 5.74) is 2.77. The Balaban J connectivity index is 1.99. The summed E-state index contributed by atoms with van der Waals surface area (Å²) in [6, 6.07) is 10.9. The molecule has 2 heterocycles. The highest BCUT2D eigenvalue weighted by Gasteiger charge is 2.27. The SMILES string of the molecule is COc1ccc2c(c1)-c1nc3cc(OC)c(OC)cc3cc1C(O)O2. The van der Waals surface area contributed by atoms with Gasteiger partial charge >= 0.3 is 0 Å². The van der Waals surface area contributed by atoms with Gasteiger partial charge < -0.3 is 24.1 Å². The molecule has 1 aliphatic rings. The van der Waals surface area contributed by atoms with Crippen molar-refractivity contribution < 1.29 is 24.1 Å². The highest BCUT2D eigenvalue weighted by atomic mass is 16.6. The van der Waals surface area contributed by atoms with E-state index in [0.29, 0.717) is 34.3 Å². The van der Waals surface area contributed by atoms with Gasteiger partial charge in [-0.05, 0) is 30.3 Å². The third kappa shape index (κ3) is 2.42. The molecule has 1 aliphatic heterocycles. The van der Waals surface area contributed by atoms with Crippen LogP contribution >= 0.6 is 0 Å². The fourth-order valence-electron chi connectivity index (χ4n) is 3.03. The fraction of sp³-hybridized carbons (Fsp3) is 0.211. The first kappa shape index (κ1) is 15.5. The molecule has 4 rings (SSSR count). The minimum Gasteiger partial charge on any atom is -0.497 e. The molecule has 1 aromatic heterocycles. The molecule has 25 heavy (non-hydrogen) atoms. The summed E-state index contributed by atoms with van der Waals surface area (Å²) in [5.74, 6) is 2.46. The monoisotopic (exact) mass is 339 g/mol. The lowest BCUT2D eigenvalue weighted by Gasteiger charge is -2.25. The maximum atomic E-state index is 10.4. The number of hydrogen-bond donors (Lipinski definition) is 1. The van der Waals surface area contributed by atoms with E-state index in [1.807, 2.05) is 24.3 Å². The van der Waals surface area contributed by atoms with Gasteiger partial charge in [0.2, 0.25) is 6.29 Å². The largest absolute Gasteiger partial charge is 0.497 e. The second-order valence-corrected chi connectivity index (χ2v) is 5.66. The third-order valence-electron chi connectivity index (χ3n) is 4.30. The van der Waals surface area contributed by atoms with E-state index in [4.69, 9.17) is 23.9 Å². The topological polar surface area (TPSA) is 70.0 Å². The zero-order chi connectivity index (χ0) is 17.6. The average molecular weight is 339 g/mol. The molecule has 1 N–H and O–H groups in total. The Morgan fingerprint density at radius 1 is 0.960 bits per heavy atom. The molecule has 0 saturated heterocycles. The van der Waals surface area contributed by atoms with Crippen LogP contribution in [-0.4, -0.2) is 31.4 Å². The van der Waals surface area contributed by atoms with Crippen LogP contribution in [0.2, 0.25) is 0 Å². The van der Waals surface area contributed by atoms with Gasteiger partial charge in [-0.1, -0.05) is 0 Å². The van der Waals surface area contributed by atoms with Crippen molar-refractivity contribution in [1.82, 2.24) is 4.98 Å². The Hall–Kier alpha value is -2.99. The minimum absolute atomic E-state index is 0.563. The standard InChI is InChI=1S/C19H17NO5/c1-22-11-4-5-15-12(8-11)18-13(19(21)25-15)6-10-7-16(23-2)17(24-3)9-14(10)20-18/h4-9,19,21H,1-3H3. The summed E-state index contributed by atoms with van der Waals surface area (Å²) in [4.78, 5) is 4.74. The Morgan fingerprint density at radius 2 is 1.72 bits per heavy atom. The first-order valence-corrected chi connectivity index (χ1v) is 7.74. The predicted octanol–water partition coefficient (Wildman–Crippen LogP) is 3.31. The van der Waals surface area contributed by atoms with Gasteiger partial charge in [-0.15, -0.1) is 0 Å². The summed E-state index contributed by atoms with van der Waals surface area (Å²) >= 11 is 0. The first-order valence-electron chi connectivity index (χ1n) is 7.74. The van der Waals surface area contributed by atoms with Crippen LogP contribution in [0.1, 0.15) is 11.9 Å². The maximum Gasteiger partial charge on any atom is 0.226 e. The molecular formula is C19H17NO5. The summed E-state index contributed by atoms with van der Waals surface area (Å²) in [6.07, 6.45) is -1.08. The number of pyridine rings is 1. The van der Waals surface area contributed by atoms with E-state index in [2.05, 4.69) is 0 Å². The molecule has 2 aromatic carbocycles. The summed E-state index contributed by atoms with van der Waals surface area (Å²) < 4.78 is 21.6. The van der Waals surface area contributed by atoms with Crippen molar-refractivity contribution in [3.05, 3.63) is 42.0 Å². The van der Waals surface area contributed by atoms with Gasteiger partial charge in [0, 0.05) is 22.6 Å². The molecule has 6 heteroatoms. The van der Waals surface area contributed by atoms with E-state index >= 15 is 0 Å². The van der Waals surface area contributed by atoms with Gasteiger partial charge in [-0.2, -0.15) is 0 Å². The van der Waals surface area contributed by atoms with Crippen molar-refractivity contribution in [2.75, 3.05) is 21.3 Å². The lowest BCUT2D eigenvalue weighted by atomic mass is 9.99. The fourth-order valence-corrected chi connectivity index (χ4v) is 3.03. The van der Waals surface area contributed by atoms with Crippen molar-refractivity contribution in [3.63, 3.8) is 0 Å². The molecule has 0 spiro atoms. The van der Waals surface area contributed by atoms with Crippen LogP contribution in [0.4, 0.5) is 0 Å². The summed E-state index contributed by atoms with van der Waals surface area (Å²) in [6.45, 7) is 0. The minimum atomic E-state index is -1.08. The Labute approximate surface area is 144 Å². The molecular weight excluding hydrogens is 322 g/mol. The molecule has 0 bridgehead atoms. The Kier molecular flexibility index (Phi) is 3.62. The number of hydrogen-bond acceptors (Lipinski definition) is 6. The molecule has 1 unspecified atom stereocenters. The second-order valence-electron chi connectivity index (χ2n) is 5.66. The highest BCUT2D eigenvalue weighted by molar-refractivity contribution is 5.88. The molecule has 0 fully saturated rings. The zero-order valence-corrected chi connectivity index (χ0v) is 14.1. The summed E-state index contributed by atoms with van der Waals surface area (Å²) in [5, 5.41) is 11.2. The van der Waals surface area contributed by atoms with Crippen LogP contribution < -0.4 is 18.9 Å². The number of fused-ring (bicyclic) bond motifs is 4. The molecule has 0 aliphatic carbocycles. The van der Waals surface area contributed by atoms with Crippen LogP contribution in [-0.2, 0) is 0 Å². The molecule has 128 valence electrons. The molecule has 0 amide bonds. The number of rotatable bonds is 3. The van der Waals surface area contributed by atoms with Crippen LogP contribution in [0.5, 0.6) is 23.0 Å². The first-order chi connectivity index (χ1) is 12.1. The highest BCUT2D eigenvalue weighted by Crippen LogP contribution is 2.44. The van der Waals surface area contributed by atoms with E-state index < -0.39 is 6.29 Å². The Morgan fingerprint density at radius 3 is 2.44 bits per heavy atom. The lowest BCUT2D eigenvalue weighted by Crippen LogP contribution is -2.14. The van der Waals surface area contributed by atoms with E-state index in [1.165, 1.54) is 0 Å². The summed E-state index contributed by atoms with van der Waals surface area (Å²) in [7, 11) is 4.77. The van der Waals surface area contributed by atoms with Gasteiger partial charge in [-0.3, -0.25) is 0 Å². The van der Waals surface area contributed by atoms with Gasteiger partial charge in [0.05, 0.1) is 32.5 Å². The van der Waals surface area contributed by atoms with Crippen LogP contribution in [0.25, 0.3) is 22.2 Å². The van der Waals surface area contributed by atoms with Crippen molar-refractivity contribution in [2.45, 2.75) is 6.29 Å². The molecule has 6 nitrogen and oxygen atoms in total. The van der Waals surface area contributed by atoms with Gasteiger partial charge in [-0.25, -0.2) is 4.98 Å². The number of aliphatic hydroxyl groups excluding tert-OH is 1. The number of aliphatic hydroxyl groups is 1. The van der Waals surface area contributed by atoms with E-state index in [1.54, 1.807) is 33.5 Å². The van der Waals surface area contributed by atoms with Crippen LogP contribution in [0.3, 0.4) is 0 Å². The van der Waals surface area contributed by atoms with Crippen molar-refractivity contribution in [2.24, 2.45) is 0 Å². The quantitative estimate of drug-likeness (QED) is 0.789. The molecule has 0 radical (unpaired) electrons. The Bertz CT molecular complexity index is 970. The number of nitrogens with zero attached hydrogens (tertiary/aromatic N) is 1. The van der Waals surface area contributed by atoms with Crippen molar-refractivity contribution in [1.29, 1.82) is 0 Å². The van der Waals surface area contributed by atoms with Gasteiger partial charge in [0.1, 0.15) is 11.5 Å². The molecule has 1 atom stereocenters. The van der Waals surface area contributed by atoms with Gasteiger partial charge in [0.15, 0.2) is 11.5 Å². The zero-order valence-electron chi connectivity index (χ0n) is 14.1. The normalized spacial score (nSPS) is 15.1. The average Bonchev–Trinajstić information content (AvgIpc) is 2.65. The van der Waals surface area contributed by atoms with E-state index in [0.717, 1.165) is 16.5 Å². The number of benzene rings is 2. The second kappa shape index (κ2) is 5.82. The van der Waals surface area contributed by atoms with Crippen molar-refractivity contribution in [3.8, 4) is 34.3 Å². The third-order valence-corrected chi connectivity index (χ3v) is 4.30. The van der Waals surface area contributed by atoms with Crippen LogP contribution in [0.15, 0.2) is 36.4 Å². The van der Waals surface area contributed by atoms with E-state index in [9.17, 15) is 5.11 Å². The molecule has 0 saturated carbocycles.